The monoisotopic (exact) mass is 369 g/mol. The van der Waals surface area contributed by atoms with Crippen LogP contribution in [0.15, 0.2) is 29.0 Å². The number of aromatic nitrogens is 4. The van der Waals surface area contributed by atoms with Crippen molar-refractivity contribution in [2.45, 2.75) is 32.6 Å². The Morgan fingerprint density at radius 2 is 2.23 bits per heavy atom. The summed E-state index contributed by atoms with van der Waals surface area (Å²) >= 11 is 1.45. The summed E-state index contributed by atoms with van der Waals surface area (Å²) in [6.07, 6.45) is 5.26. The molecule has 7 nitrogen and oxygen atoms in total. The third kappa shape index (κ3) is 3.24. The highest BCUT2D eigenvalue weighted by Gasteiger charge is 2.30. The lowest BCUT2D eigenvalue weighted by Gasteiger charge is -2.30. The highest BCUT2D eigenvalue weighted by atomic mass is 32.1. The Balaban J connectivity index is 1.51. The van der Waals surface area contributed by atoms with Gasteiger partial charge in [0.1, 0.15) is 4.88 Å². The summed E-state index contributed by atoms with van der Waals surface area (Å²) < 4.78 is 5.48. The molecule has 4 rings (SSSR count). The van der Waals surface area contributed by atoms with Crippen LogP contribution in [0.3, 0.4) is 0 Å². The fourth-order valence-electron chi connectivity index (χ4n) is 3.25. The highest BCUT2D eigenvalue weighted by molar-refractivity contribution is 7.13. The van der Waals surface area contributed by atoms with Gasteiger partial charge in [-0.15, -0.1) is 11.3 Å². The van der Waals surface area contributed by atoms with Crippen molar-refractivity contribution in [2.75, 3.05) is 13.1 Å². The molecule has 26 heavy (non-hydrogen) atoms. The zero-order valence-electron chi connectivity index (χ0n) is 14.7. The van der Waals surface area contributed by atoms with Crippen LogP contribution in [0.1, 0.15) is 45.0 Å². The lowest BCUT2D eigenvalue weighted by Crippen LogP contribution is -2.39. The van der Waals surface area contributed by atoms with E-state index in [1.807, 2.05) is 30.9 Å². The van der Waals surface area contributed by atoms with E-state index in [0.29, 0.717) is 18.3 Å². The summed E-state index contributed by atoms with van der Waals surface area (Å²) in [5.41, 5.74) is 1.62. The number of thiazole rings is 1. The number of hydrogen-bond donors (Lipinski definition) is 0. The first-order chi connectivity index (χ1) is 12.6. The minimum atomic E-state index is 0.0461. The molecule has 1 fully saturated rings. The maximum absolute atomic E-state index is 12.9. The van der Waals surface area contributed by atoms with E-state index in [2.05, 4.69) is 20.1 Å². The van der Waals surface area contributed by atoms with Gasteiger partial charge < -0.3 is 9.42 Å². The van der Waals surface area contributed by atoms with Crippen LogP contribution in [-0.4, -0.2) is 44.0 Å². The summed E-state index contributed by atoms with van der Waals surface area (Å²) in [6, 6.07) is 3.74. The van der Waals surface area contributed by atoms with Crippen molar-refractivity contribution in [3.05, 3.63) is 46.0 Å². The molecule has 1 atom stereocenters. The van der Waals surface area contributed by atoms with E-state index in [-0.39, 0.29) is 11.8 Å². The largest absolute Gasteiger partial charge is 0.339 e. The smallest absolute Gasteiger partial charge is 0.265 e. The molecule has 0 saturated carbocycles. The average Bonchev–Trinajstić information content (AvgIpc) is 3.28. The number of rotatable bonds is 3. The van der Waals surface area contributed by atoms with E-state index in [1.165, 1.54) is 11.3 Å². The molecular weight excluding hydrogens is 350 g/mol. The first kappa shape index (κ1) is 16.8. The van der Waals surface area contributed by atoms with E-state index < -0.39 is 0 Å². The zero-order chi connectivity index (χ0) is 18.1. The van der Waals surface area contributed by atoms with Crippen LogP contribution in [0.4, 0.5) is 0 Å². The molecule has 134 valence electrons. The van der Waals surface area contributed by atoms with Crippen LogP contribution < -0.4 is 0 Å². The summed E-state index contributed by atoms with van der Waals surface area (Å²) in [4.78, 5) is 28.4. The van der Waals surface area contributed by atoms with Crippen molar-refractivity contribution < 1.29 is 9.32 Å². The molecule has 0 N–H and O–H groups in total. The number of carbonyl (C=O) groups is 1. The van der Waals surface area contributed by atoms with Gasteiger partial charge >= 0.3 is 0 Å². The molecule has 0 unspecified atom stereocenters. The highest BCUT2D eigenvalue weighted by Crippen LogP contribution is 2.29. The number of amides is 1. The number of pyridine rings is 1. The van der Waals surface area contributed by atoms with Gasteiger partial charge in [-0.05, 0) is 38.8 Å². The van der Waals surface area contributed by atoms with Crippen molar-refractivity contribution in [1.29, 1.82) is 0 Å². The van der Waals surface area contributed by atoms with Crippen LogP contribution in [0.2, 0.25) is 0 Å². The predicted octanol–water partition coefficient (Wildman–Crippen LogP) is 3.22. The number of carbonyl (C=O) groups excluding carboxylic acids is 1. The van der Waals surface area contributed by atoms with Gasteiger partial charge in [-0.2, -0.15) is 4.98 Å². The van der Waals surface area contributed by atoms with E-state index in [9.17, 15) is 4.79 Å². The van der Waals surface area contributed by atoms with Gasteiger partial charge in [0.25, 0.3) is 5.91 Å². The SMILES string of the molecule is Cc1nc(C)c(C(=O)N2CCC[C@@H](c3nc(-c4cccnc4)no3)C2)s1. The van der Waals surface area contributed by atoms with E-state index >= 15 is 0 Å². The normalized spacial score (nSPS) is 17.5. The average molecular weight is 369 g/mol. The van der Waals surface area contributed by atoms with Gasteiger partial charge in [0.2, 0.25) is 11.7 Å². The number of likely N-dealkylation sites (tertiary alicyclic amines) is 1. The third-order valence-corrected chi connectivity index (χ3v) is 5.58. The minimum Gasteiger partial charge on any atom is -0.339 e. The van der Waals surface area contributed by atoms with Crippen molar-refractivity contribution in [3.63, 3.8) is 0 Å². The quantitative estimate of drug-likeness (QED) is 0.705. The Kier molecular flexibility index (Phi) is 4.50. The lowest BCUT2D eigenvalue weighted by atomic mass is 9.97. The van der Waals surface area contributed by atoms with Gasteiger partial charge in [0.05, 0.1) is 16.6 Å². The first-order valence-corrected chi connectivity index (χ1v) is 9.41. The van der Waals surface area contributed by atoms with Crippen LogP contribution >= 0.6 is 11.3 Å². The maximum Gasteiger partial charge on any atom is 0.265 e. The molecule has 0 aromatic carbocycles. The molecular formula is C18H19N5O2S. The summed E-state index contributed by atoms with van der Waals surface area (Å²) in [7, 11) is 0. The predicted molar refractivity (Wildman–Crippen MR) is 97.0 cm³/mol. The maximum atomic E-state index is 12.9. The van der Waals surface area contributed by atoms with Crippen molar-refractivity contribution in [3.8, 4) is 11.4 Å². The number of aryl methyl sites for hydroxylation is 2. The Labute approximate surface area is 155 Å². The van der Waals surface area contributed by atoms with Crippen molar-refractivity contribution in [1.82, 2.24) is 25.0 Å². The van der Waals surface area contributed by atoms with Gasteiger partial charge in [0.15, 0.2) is 0 Å². The molecule has 1 amide bonds. The van der Waals surface area contributed by atoms with E-state index in [0.717, 1.165) is 40.5 Å². The van der Waals surface area contributed by atoms with Crippen LogP contribution in [-0.2, 0) is 0 Å². The van der Waals surface area contributed by atoms with Gasteiger partial charge in [-0.25, -0.2) is 4.98 Å². The molecule has 0 aliphatic carbocycles. The van der Waals surface area contributed by atoms with E-state index in [1.54, 1.807) is 12.4 Å². The number of hydrogen-bond acceptors (Lipinski definition) is 7. The fraction of sp³-hybridized carbons (Fsp3) is 0.389. The third-order valence-electron chi connectivity index (χ3n) is 4.52. The van der Waals surface area contributed by atoms with Crippen LogP contribution in [0.5, 0.6) is 0 Å². The van der Waals surface area contributed by atoms with Crippen LogP contribution in [0, 0.1) is 13.8 Å². The molecule has 0 spiro atoms. The molecule has 4 heterocycles. The van der Waals surface area contributed by atoms with Gasteiger partial charge in [0, 0.05) is 31.0 Å². The van der Waals surface area contributed by atoms with Gasteiger partial charge in [-0.1, -0.05) is 5.16 Å². The lowest BCUT2D eigenvalue weighted by molar-refractivity contribution is 0.0699. The standard InChI is InChI=1S/C18H19N5O2S/c1-11-15(26-12(2)20-11)18(24)23-8-4-6-14(10-23)17-21-16(22-25-17)13-5-3-7-19-9-13/h3,5,7,9,14H,4,6,8,10H2,1-2H3/t14-/m1/s1. The Bertz CT molecular complexity index is 921. The number of nitrogens with zero attached hydrogens (tertiary/aromatic N) is 5. The second-order valence-electron chi connectivity index (χ2n) is 6.44. The van der Waals surface area contributed by atoms with Gasteiger partial charge in [-0.3, -0.25) is 9.78 Å². The van der Waals surface area contributed by atoms with E-state index in [4.69, 9.17) is 4.52 Å². The van der Waals surface area contributed by atoms with Crippen LogP contribution in [0.25, 0.3) is 11.4 Å². The first-order valence-electron chi connectivity index (χ1n) is 8.59. The molecule has 0 bridgehead atoms. The topological polar surface area (TPSA) is 85.0 Å². The summed E-state index contributed by atoms with van der Waals surface area (Å²) in [5.74, 6) is 1.22. The summed E-state index contributed by atoms with van der Waals surface area (Å²) in [6.45, 7) is 5.14. The molecule has 1 aliphatic rings. The molecule has 1 aliphatic heterocycles. The Hall–Kier alpha value is -2.61. The minimum absolute atomic E-state index is 0.0461. The summed E-state index contributed by atoms with van der Waals surface area (Å²) in [5, 5.41) is 4.98. The molecule has 0 radical (unpaired) electrons. The Morgan fingerprint density at radius 3 is 2.96 bits per heavy atom. The molecule has 8 heteroatoms. The second-order valence-corrected chi connectivity index (χ2v) is 7.64. The Morgan fingerprint density at radius 1 is 1.35 bits per heavy atom. The van der Waals surface area contributed by atoms with Crippen molar-refractivity contribution >= 4 is 17.2 Å². The fourth-order valence-corrected chi connectivity index (χ4v) is 4.14. The molecule has 1 saturated heterocycles. The van der Waals surface area contributed by atoms with Crippen molar-refractivity contribution in [2.24, 2.45) is 0 Å². The molecule has 3 aromatic rings. The second kappa shape index (κ2) is 6.95. The zero-order valence-corrected chi connectivity index (χ0v) is 15.5. The number of piperidine rings is 1. The molecule has 3 aromatic heterocycles.